The molecule has 0 aliphatic carbocycles. The Bertz CT molecular complexity index is 153. The summed E-state index contributed by atoms with van der Waals surface area (Å²) >= 11 is 5.70. The van der Waals surface area contributed by atoms with Gasteiger partial charge >= 0.3 is 0 Å². The quantitative estimate of drug-likeness (QED) is 0.718. The third kappa shape index (κ3) is 3.57. The molecule has 0 aromatic rings. The van der Waals surface area contributed by atoms with E-state index in [4.69, 9.17) is 11.6 Å². The first kappa shape index (κ1) is 10.0. The maximum Gasteiger partial charge on any atom is 0.0333 e. The summed E-state index contributed by atoms with van der Waals surface area (Å²) in [6.07, 6.45) is 2.60. The lowest BCUT2D eigenvalue weighted by atomic mass is 10.2. The van der Waals surface area contributed by atoms with Crippen LogP contribution in [0.15, 0.2) is 11.6 Å². The van der Waals surface area contributed by atoms with E-state index in [9.17, 15) is 0 Å². The second kappa shape index (κ2) is 4.85. The lowest BCUT2D eigenvalue weighted by Crippen LogP contribution is -2.35. The van der Waals surface area contributed by atoms with Gasteiger partial charge in [0.25, 0.3) is 0 Å². The second-order valence-corrected chi connectivity index (χ2v) is 4.04. The molecule has 1 unspecified atom stereocenters. The molecular weight excluding hydrogens is 172 g/mol. The minimum atomic E-state index is 0.658. The molecule has 0 amide bonds. The van der Waals surface area contributed by atoms with Gasteiger partial charge in [-0.3, -0.25) is 4.90 Å². The van der Waals surface area contributed by atoms with E-state index in [0.717, 1.165) is 18.1 Å². The third-order valence-corrected chi connectivity index (χ3v) is 2.26. The van der Waals surface area contributed by atoms with Crippen LogP contribution in [0.1, 0.15) is 12.8 Å². The Kier molecular flexibility index (Phi) is 4.06. The highest BCUT2D eigenvalue weighted by Gasteiger charge is 2.15. The fraction of sp³-hybridized carbons (Fsp3) is 0.778. The van der Waals surface area contributed by atoms with Gasteiger partial charge in [-0.2, -0.15) is 0 Å². The third-order valence-electron chi connectivity index (χ3n) is 2.14. The summed E-state index contributed by atoms with van der Waals surface area (Å²) in [6.45, 7) is 6.71. The van der Waals surface area contributed by atoms with E-state index in [2.05, 4.69) is 23.8 Å². The van der Waals surface area contributed by atoms with Crippen LogP contribution in [-0.2, 0) is 0 Å². The van der Waals surface area contributed by atoms with Crippen LogP contribution in [0.25, 0.3) is 0 Å². The van der Waals surface area contributed by atoms with E-state index < -0.39 is 0 Å². The first-order chi connectivity index (χ1) is 5.68. The van der Waals surface area contributed by atoms with Gasteiger partial charge in [0.2, 0.25) is 0 Å². The molecule has 1 heterocycles. The molecule has 1 aliphatic heterocycles. The topological polar surface area (TPSA) is 15.3 Å². The van der Waals surface area contributed by atoms with Crippen LogP contribution in [0.3, 0.4) is 0 Å². The first-order valence-corrected chi connectivity index (χ1v) is 4.81. The molecular formula is C9H17ClN2. The summed E-state index contributed by atoms with van der Waals surface area (Å²) in [4.78, 5) is 2.21. The molecule has 2 nitrogen and oxygen atoms in total. The number of rotatable bonds is 4. The normalized spacial score (nSPS) is 23.4. The maximum atomic E-state index is 5.70. The molecule has 0 bridgehead atoms. The molecule has 0 aromatic carbocycles. The highest BCUT2D eigenvalue weighted by molar-refractivity contribution is 6.29. The molecule has 1 atom stereocenters. The number of nitrogens with zero attached hydrogens (tertiary/aromatic N) is 1. The van der Waals surface area contributed by atoms with Gasteiger partial charge in [-0.25, -0.2) is 0 Å². The summed E-state index contributed by atoms with van der Waals surface area (Å²) < 4.78 is 0. The van der Waals surface area contributed by atoms with Crippen molar-refractivity contribution in [3.05, 3.63) is 11.6 Å². The number of nitrogens with one attached hydrogen (secondary N) is 1. The number of hydrogen-bond acceptors (Lipinski definition) is 2. The van der Waals surface area contributed by atoms with Crippen molar-refractivity contribution >= 4 is 11.6 Å². The lowest BCUT2D eigenvalue weighted by Gasteiger charge is -2.20. The zero-order chi connectivity index (χ0) is 8.97. The van der Waals surface area contributed by atoms with Gasteiger partial charge in [0.15, 0.2) is 0 Å². The predicted octanol–water partition coefficient (Wildman–Crippen LogP) is 1.42. The monoisotopic (exact) mass is 188 g/mol. The minimum absolute atomic E-state index is 0.658. The first-order valence-electron chi connectivity index (χ1n) is 4.43. The summed E-state index contributed by atoms with van der Waals surface area (Å²) in [5.74, 6) is 0. The van der Waals surface area contributed by atoms with Crippen molar-refractivity contribution in [3.63, 3.8) is 0 Å². The van der Waals surface area contributed by atoms with Gasteiger partial charge in [-0.1, -0.05) is 18.2 Å². The van der Waals surface area contributed by atoms with Crippen molar-refractivity contribution in [3.8, 4) is 0 Å². The van der Waals surface area contributed by atoms with Crippen LogP contribution in [0.2, 0.25) is 0 Å². The van der Waals surface area contributed by atoms with Crippen LogP contribution in [0, 0.1) is 0 Å². The second-order valence-electron chi connectivity index (χ2n) is 3.51. The molecule has 0 radical (unpaired) electrons. The van der Waals surface area contributed by atoms with E-state index in [1.54, 1.807) is 0 Å². The summed E-state index contributed by atoms with van der Waals surface area (Å²) in [5, 5.41) is 4.16. The van der Waals surface area contributed by atoms with Crippen molar-refractivity contribution in [1.82, 2.24) is 10.2 Å². The van der Waals surface area contributed by atoms with Crippen LogP contribution in [0.4, 0.5) is 0 Å². The molecule has 1 fully saturated rings. The zero-order valence-electron chi connectivity index (χ0n) is 7.65. The molecule has 0 saturated carbocycles. The molecule has 70 valence electrons. The van der Waals surface area contributed by atoms with Crippen molar-refractivity contribution < 1.29 is 0 Å². The van der Waals surface area contributed by atoms with Crippen molar-refractivity contribution in [2.45, 2.75) is 18.9 Å². The van der Waals surface area contributed by atoms with Crippen LogP contribution < -0.4 is 5.32 Å². The standard InChI is InChI=1S/C9H17ClN2/c1-8(10)6-12(2)7-9-4-3-5-11-9/h9,11H,1,3-7H2,2H3. The molecule has 12 heavy (non-hydrogen) atoms. The minimum Gasteiger partial charge on any atom is -0.313 e. The highest BCUT2D eigenvalue weighted by Crippen LogP contribution is 2.07. The molecule has 1 saturated heterocycles. The smallest absolute Gasteiger partial charge is 0.0333 e. The Hall–Kier alpha value is -0.0500. The van der Waals surface area contributed by atoms with Crippen LogP contribution in [-0.4, -0.2) is 37.6 Å². The predicted molar refractivity (Wildman–Crippen MR) is 53.5 cm³/mol. The molecule has 3 heteroatoms. The summed E-state index contributed by atoms with van der Waals surface area (Å²) in [7, 11) is 2.08. The number of likely N-dealkylation sites (N-methyl/N-ethyl adjacent to an activating group) is 1. The van der Waals surface area contributed by atoms with Gasteiger partial charge in [0.1, 0.15) is 0 Å². The molecule has 1 aliphatic rings. The van der Waals surface area contributed by atoms with Gasteiger partial charge in [-0.15, -0.1) is 0 Å². The van der Waals surface area contributed by atoms with Crippen LogP contribution in [0.5, 0.6) is 0 Å². The van der Waals surface area contributed by atoms with Gasteiger partial charge in [-0.05, 0) is 26.4 Å². The van der Waals surface area contributed by atoms with E-state index in [1.807, 2.05) is 0 Å². The number of halogens is 1. The molecule has 1 N–H and O–H groups in total. The zero-order valence-corrected chi connectivity index (χ0v) is 8.40. The number of hydrogen-bond donors (Lipinski definition) is 1. The lowest BCUT2D eigenvalue weighted by molar-refractivity contribution is 0.326. The SMILES string of the molecule is C=C(Cl)CN(C)CC1CCCN1. The van der Waals surface area contributed by atoms with Gasteiger partial charge in [0, 0.05) is 24.2 Å². The van der Waals surface area contributed by atoms with Crippen molar-refractivity contribution in [2.24, 2.45) is 0 Å². The molecule has 1 rings (SSSR count). The fourth-order valence-electron chi connectivity index (χ4n) is 1.65. The van der Waals surface area contributed by atoms with Crippen molar-refractivity contribution in [1.29, 1.82) is 0 Å². The maximum absolute atomic E-state index is 5.70. The average Bonchev–Trinajstić information content (AvgIpc) is 2.37. The van der Waals surface area contributed by atoms with Gasteiger partial charge < -0.3 is 5.32 Å². The largest absolute Gasteiger partial charge is 0.313 e. The fourth-order valence-corrected chi connectivity index (χ4v) is 1.85. The van der Waals surface area contributed by atoms with Crippen molar-refractivity contribution in [2.75, 3.05) is 26.7 Å². The Morgan fingerprint density at radius 1 is 1.75 bits per heavy atom. The van der Waals surface area contributed by atoms with E-state index in [-0.39, 0.29) is 0 Å². The van der Waals surface area contributed by atoms with E-state index in [0.29, 0.717) is 6.04 Å². The highest BCUT2D eigenvalue weighted by atomic mass is 35.5. The Labute approximate surface area is 79.6 Å². The summed E-state index contributed by atoms with van der Waals surface area (Å²) in [6, 6.07) is 0.658. The summed E-state index contributed by atoms with van der Waals surface area (Å²) in [5.41, 5.74) is 0. The van der Waals surface area contributed by atoms with E-state index >= 15 is 0 Å². The molecule has 0 spiro atoms. The van der Waals surface area contributed by atoms with E-state index in [1.165, 1.54) is 19.4 Å². The van der Waals surface area contributed by atoms with Gasteiger partial charge in [0.05, 0.1) is 0 Å². The Morgan fingerprint density at radius 2 is 2.50 bits per heavy atom. The average molecular weight is 189 g/mol. The molecule has 0 aromatic heterocycles. The van der Waals surface area contributed by atoms with Crippen LogP contribution >= 0.6 is 11.6 Å². The Balaban J connectivity index is 2.16. The Morgan fingerprint density at radius 3 is 3.00 bits per heavy atom.